The SMILES string of the molecule is CCCOc1ccc(/C(O)=C2/C(=O)C(=O)N(CCN(CC)CC)C2c2ccco2)cc1C. The van der Waals surface area contributed by atoms with E-state index in [9.17, 15) is 14.7 Å². The molecule has 0 radical (unpaired) electrons. The normalized spacial score (nSPS) is 18.0. The summed E-state index contributed by atoms with van der Waals surface area (Å²) in [5.41, 5.74) is 1.35. The van der Waals surface area contributed by atoms with Gasteiger partial charge in [0, 0.05) is 18.7 Å². The fourth-order valence-electron chi connectivity index (χ4n) is 3.97. The lowest BCUT2D eigenvalue weighted by Gasteiger charge is -2.26. The van der Waals surface area contributed by atoms with Crippen molar-refractivity contribution in [2.45, 2.75) is 40.2 Å². The summed E-state index contributed by atoms with van der Waals surface area (Å²) in [4.78, 5) is 29.6. The van der Waals surface area contributed by atoms with Gasteiger partial charge in [0.2, 0.25) is 0 Å². The standard InChI is InChI=1S/C25H32N2O5/c1-5-14-31-19-11-10-18(16-17(19)4)23(28)21-22(20-9-8-15-32-20)27(25(30)24(21)29)13-12-26(6-2)7-3/h8-11,15-16,22,28H,5-7,12-14H2,1-4H3/b23-21-. The van der Waals surface area contributed by atoms with E-state index in [1.807, 2.05) is 13.8 Å². The molecule has 0 aliphatic carbocycles. The van der Waals surface area contributed by atoms with Gasteiger partial charge in [0.1, 0.15) is 23.3 Å². The van der Waals surface area contributed by atoms with Gasteiger partial charge in [-0.25, -0.2) is 0 Å². The molecule has 2 aromatic rings. The first-order valence-corrected chi connectivity index (χ1v) is 11.2. The minimum atomic E-state index is -0.767. The molecule has 1 atom stereocenters. The van der Waals surface area contributed by atoms with Crippen molar-refractivity contribution in [3.8, 4) is 5.75 Å². The Labute approximate surface area is 189 Å². The van der Waals surface area contributed by atoms with Crippen LogP contribution in [-0.4, -0.2) is 59.4 Å². The number of carbonyl (C=O) groups excluding carboxylic acids is 2. The number of Topliss-reactive ketones (excluding diaryl/α,β-unsaturated/α-hetero) is 1. The second-order valence-corrected chi connectivity index (χ2v) is 7.86. The zero-order valence-electron chi connectivity index (χ0n) is 19.3. The summed E-state index contributed by atoms with van der Waals surface area (Å²) >= 11 is 0. The van der Waals surface area contributed by atoms with Gasteiger partial charge < -0.3 is 24.1 Å². The summed E-state index contributed by atoms with van der Waals surface area (Å²) in [6, 6.07) is 7.92. The van der Waals surface area contributed by atoms with Crippen molar-refractivity contribution in [3.63, 3.8) is 0 Å². The maximum Gasteiger partial charge on any atom is 0.295 e. The predicted octanol–water partition coefficient (Wildman–Crippen LogP) is 4.14. The molecule has 1 aliphatic rings. The van der Waals surface area contributed by atoms with E-state index in [0.717, 1.165) is 30.8 Å². The third-order valence-electron chi connectivity index (χ3n) is 5.81. The van der Waals surface area contributed by atoms with Crippen molar-refractivity contribution < 1.29 is 23.8 Å². The lowest BCUT2D eigenvalue weighted by Crippen LogP contribution is -2.37. The maximum atomic E-state index is 13.0. The zero-order valence-corrected chi connectivity index (χ0v) is 19.3. The number of benzene rings is 1. The second-order valence-electron chi connectivity index (χ2n) is 7.86. The van der Waals surface area contributed by atoms with Crippen LogP contribution in [0.4, 0.5) is 0 Å². The monoisotopic (exact) mass is 440 g/mol. The van der Waals surface area contributed by atoms with E-state index in [4.69, 9.17) is 9.15 Å². The molecule has 172 valence electrons. The molecule has 1 unspecified atom stereocenters. The first kappa shape index (κ1) is 23.6. The largest absolute Gasteiger partial charge is 0.507 e. The maximum absolute atomic E-state index is 13.0. The number of likely N-dealkylation sites (tertiary alicyclic amines) is 1. The van der Waals surface area contributed by atoms with Crippen molar-refractivity contribution in [1.82, 2.24) is 9.80 Å². The minimum Gasteiger partial charge on any atom is -0.507 e. The number of hydrogen-bond acceptors (Lipinski definition) is 6. The Balaban J connectivity index is 2.01. The van der Waals surface area contributed by atoms with E-state index in [1.54, 1.807) is 30.3 Å². The summed E-state index contributed by atoms with van der Waals surface area (Å²) in [5, 5.41) is 11.1. The Morgan fingerprint density at radius 3 is 2.53 bits per heavy atom. The van der Waals surface area contributed by atoms with Gasteiger partial charge in [-0.05, 0) is 62.3 Å². The molecule has 1 N–H and O–H groups in total. The molecule has 1 amide bonds. The number of amides is 1. The van der Waals surface area contributed by atoms with Crippen LogP contribution >= 0.6 is 0 Å². The van der Waals surface area contributed by atoms with E-state index in [0.29, 0.717) is 31.0 Å². The third-order valence-corrected chi connectivity index (χ3v) is 5.81. The van der Waals surface area contributed by atoms with Crippen LogP contribution in [0.25, 0.3) is 5.76 Å². The first-order valence-electron chi connectivity index (χ1n) is 11.2. The number of aliphatic hydroxyl groups is 1. The molecule has 32 heavy (non-hydrogen) atoms. The number of hydrogen-bond donors (Lipinski definition) is 1. The van der Waals surface area contributed by atoms with Gasteiger partial charge in [0.15, 0.2) is 0 Å². The van der Waals surface area contributed by atoms with Crippen molar-refractivity contribution in [1.29, 1.82) is 0 Å². The van der Waals surface area contributed by atoms with Gasteiger partial charge in [-0.3, -0.25) is 9.59 Å². The molecular formula is C25H32N2O5. The molecule has 1 aromatic carbocycles. The molecular weight excluding hydrogens is 408 g/mol. The van der Waals surface area contributed by atoms with Gasteiger partial charge in [0.05, 0.1) is 18.4 Å². The summed E-state index contributed by atoms with van der Waals surface area (Å²) in [5.74, 6) is -0.358. The molecule has 1 saturated heterocycles. The minimum absolute atomic E-state index is 0.0473. The molecule has 0 saturated carbocycles. The average molecular weight is 441 g/mol. The number of nitrogens with zero attached hydrogens (tertiary/aromatic N) is 2. The molecule has 7 heteroatoms. The van der Waals surface area contributed by atoms with Crippen molar-refractivity contribution in [2.75, 3.05) is 32.8 Å². The van der Waals surface area contributed by atoms with Crippen molar-refractivity contribution in [3.05, 3.63) is 59.1 Å². The fraction of sp³-hybridized carbons (Fsp3) is 0.440. The predicted molar refractivity (Wildman–Crippen MR) is 122 cm³/mol. The molecule has 2 heterocycles. The van der Waals surface area contributed by atoms with Gasteiger partial charge in [0.25, 0.3) is 11.7 Å². The molecule has 7 nitrogen and oxygen atoms in total. The molecule has 3 rings (SSSR count). The Hall–Kier alpha value is -3.06. The van der Waals surface area contributed by atoms with Crippen LogP contribution in [0.3, 0.4) is 0 Å². The number of ketones is 1. The average Bonchev–Trinajstić information content (AvgIpc) is 3.41. The molecule has 0 spiro atoms. The molecule has 1 aliphatic heterocycles. The highest BCUT2D eigenvalue weighted by Gasteiger charge is 2.47. The molecule has 0 bridgehead atoms. The number of ether oxygens (including phenoxy) is 1. The number of rotatable bonds is 10. The van der Waals surface area contributed by atoms with E-state index < -0.39 is 17.7 Å². The lowest BCUT2D eigenvalue weighted by atomic mass is 9.98. The lowest BCUT2D eigenvalue weighted by molar-refractivity contribution is -0.140. The second kappa shape index (κ2) is 10.5. The highest BCUT2D eigenvalue weighted by molar-refractivity contribution is 6.46. The number of furan rings is 1. The van der Waals surface area contributed by atoms with Gasteiger partial charge in [-0.15, -0.1) is 0 Å². The van der Waals surface area contributed by atoms with Crippen LogP contribution in [0.5, 0.6) is 5.75 Å². The first-order chi connectivity index (χ1) is 15.4. The molecule has 1 fully saturated rings. The Morgan fingerprint density at radius 1 is 1.19 bits per heavy atom. The summed E-state index contributed by atoms with van der Waals surface area (Å²) in [6.07, 6.45) is 2.39. The van der Waals surface area contributed by atoms with Gasteiger partial charge >= 0.3 is 0 Å². The van der Waals surface area contributed by atoms with Crippen LogP contribution in [0.1, 0.15) is 50.1 Å². The van der Waals surface area contributed by atoms with Crippen molar-refractivity contribution in [2.24, 2.45) is 0 Å². The number of likely N-dealkylation sites (N-methyl/N-ethyl adjacent to an activating group) is 1. The Kier molecular flexibility index (Phi) is 7.75. The zero-order chi connectivity index (χ0) is 23.3. The fourth-order valence-corrected chi connectivity index (χ4v) is 3.97. The van der Waals surface area contributed by atoms with Crippen LogP contribution in [0, 0.1) is 6.92 Å². The van der Waals surface area contributed by atoms with Crippen molar-refractivity contribution >= 4 is 17.4 Å². The summed E-state index contributed by atoms with van der Waals surface area (Å²) < 4.78 is 11.3. The van der Waals surface area contributed by atoms with Crippen LogP contribution < -0.4 is 4.74 Å². The topological polar surface area (TPSA) is 83.2 Å². The quantitative estimate of drug-likeness (QED) is 0.340. The van der Waals surface area contributed by atoms with Gasteiger partial charge in [-0.1, -0.05) is 20.8 Å². The van der Waals surface area contributed by atoms with Crippen LogP contribution in [0.2, 0.25) is 0 Å². The van der Waals surface area contributed by atoms with E-state index in [2.05, 4.69) is 18.7 Å². The van der Waals surface area contributed by atoms with E-state index in [1.165, 1.54) is 11.2 Å². The number of carbonyl (C=O) groups is 2. The summed E-state index contributed by atoms with van der Waals surface area (Å²) in [7, 11) is 0. The van der Waals surface area contributed by atoms with Gasteiger partial charge in [-0.2, -0.15) is 0 Å². The Morgan fingerprint density at radius 2 is 1.94 bits per heavy atom. The Bertz CT molecular complexity index is 976. The summed E-state index contributed by atoms with van der Waals surface area (Å²) in [6.45, 7) is 11.3. The highest BCUT2D eigenvalue weighted by atomic mass is 16.5. The van der Waals surface area contributed by atoms with E-state index in [-0.39, 0.29) is 11.3 Å². The molecule has 1 aromatic heterocycles. The highest BCUT2D eigenvalue weighted by Crippen LogP contribution is 2.39. The third kappa shape index (κ3) is 4.72. The van der Waals surface area contributed by atoms with E-state index >= 15 is 0 Å². The van der Waals surface area contributed by atoms with Crippen LogP contribution in [-0.2, 0) is 9.59 Å². The number of aliphatic hydroxyl groups excluding tert-OH is 1. The van der Waals surface area contributed by atoms with Crippen LogP contribution in [0.15, 0.2) is 46.6 Å². The number of aryl methyl sites for hydroxylation is 1. The smallest absolute Gasteiger partial charge is 0.295 e.